The van der Waals surface area contributed by atoms with Crippen LogP contribution < -0.4 is 5.32 Å². The second-order valence-electron chi connectivity index (χ2n) is 5.78. The Balaban J connectivity index is 1.80. The Morgan fingerprint density at radius 2 is 2.33 bits per heavy atom. The molecule has 1 N–H and O–H groups in total. The molecule has 1 aliphatic rings. The number of carbonyl (C=O) groups excluding carboxylic acids is 1. The van der Waals surface area contributed by atoms with E-state index >= 15 is 0 Å². The van der Waals surface area contributed by atoms with Gasteiger partial charge in [0.05, 0.1) is 12.2 Å². The van der Waals surface area contributed by atoms with Crippen molar-refractivity contribution in [1.29, 1.82) is 0 Å². The fourth-order valence-electron chi connectivity index (χ4n) is 2.58. The maximum Gasteiger partial charge on any atom is 0.339 e. The Bertz CT molecular complexity index is 459. The van der Waals surface area contributed by atoms with Gasteiger partial charge in [0.15, 0.2) is 0 Å². The van der Waals surface area contributed by atoms with Crippen LogP contribution in [-0.2, 0) is 4.74 Å². The molecule has 5 nitrogen and oxygen atoms in total. The lowest BCUT2D eigenvalue weighted by atomic mass is 10.1. The van der Waals surface area contributed by atoms with E-state index in [4.69, 9.17) is 4.74 Å². The maximum absolute atomic E-state index is 11.5. The predicted molar refractivity (Wildman–Crippen MR) is 83.5 cm³/mol. The van der Waals surface area contributed by atoms with Crippen LogP contribution in [0.25, 0.3) is 0 Å². The summed E-state index contributed by atoms with van der Waals surface area (Å²) in [5.41, 5.74) is 0.495. The largest absolute Gasteiger partial charge is 0.462 e. The molecule has 0 spiro atoms. The second kappa shape index (κ2) is 7.41. The zero-order valence-corrected chi connectivity index (χ0v) is 13.1. The van der Waals surface area contributed by atoms with Crippen molar-refractivity contribution in [3.05, 3.63) is 23.9 Å². The van der Waals surface area contributed by atoms with Gasteiger partial charge in [-0.15, -0.1) is 0 Å². The smallest absolute Gasteiger partial charge is 0.339 e. The zero-order chi connectivity index (χ0) is 15.2. The van der Waals surface area contributed by atoms with Crippen LogP contribution in [0.2, 0.25) is 0 Å². The minimum Gasteiger partial charge on any atom is -0.462 e. The van der Waals surface area contributed by atoms with Gasteiger partial charge in [0.25, 0.3) is 0 Å². The van der Waals surface area contributed by atoms with Crippen LogP contribution in [-0.4, -0.2) is 48.1 Å². The molecule has 0 aliphatic carbocycles. The topological polar surface area (TPSA) is 54.5 Å². The van der Waals surface area contributed by atoms with Crippen LogP contribution in [0.1, 0.15) is 37.6 Å². The van der Waals surface area contributed by atoms with E-state index in [9.17, 15) is 4.79 Å². The standard InChI is InChI=1S/C16H25N3O2/c1-4-21-16(20)14-5-6-15(18-10-14)17-9-13-7-8-19(11-13)12(2)3/h5-6,10,12-13H,4,7-9,11H2,1-3H3,(H,17,18). The van der Waals surface area contributed by atoms with Crippen molar-refractivity contribution < 1.29 is 9.53 Å². The number of pyridine rings is 1. The lowest BCUT2D eigenvalue weighted by Crippen LogP contribution is -2.29. The molecule has 1 aliphatic heterocycles. The molecule has 1 saturated heterocycles. The predicted octanol–water partition coefficient (Wildman–Crippen LogP) is 2.40. The fraction of sp³-hybridized carbons (Fsp3) is 0.625. The van der Waals surface area contributed by atoms with E-state index in [0.29, 0.717) is 24.1 Å². The van der Waals surface area contributed by atoms with E-state index < -0.39 is 0 Å². The third-order valence-electron chi connectivity index (χ3n) is 3.89. The Labute approximate surface area is 126 Å². The SMILES string of the molecule is CCOC(=O)c1ccc(NCC2CCN(C(C)C)C2)nc1. The molecule has 0 saturated carbocycles. The van der Waals surface area contributed by atoms with Gasteiger partial charge in [0, 0.05) is 25.3 Å². The quantitative estimate of drug-likeness (QED) is 0.816. The van der Waals surface area contributed by atoms with Gasteiger partial charge in [0.2, 0.25) is 0 Å². The van der Waals surface area contributed by atoms with Crippen LogP contribution >= 0.6 is 0 Å². The van der Waals surface area contributed by atoms with Crippen molar-refractivity contribution in [2.75, 3.05) is 31.6 Å². The molecule has 0 amide bonds. The Morgan fingerprint density at radius 3 is 2.90 bits per heavy atom. The average Bonchev–Trinajstić information content (AvgIpc) is 2.95. The minimum absolute atomic E-state index is 0.320. The Morgan fingerprint density at radius 1 is 1.52 bits per heavy atom. The first-order chi connectivity index (χ1) is 10.1. The van der Waals surface area contributed by atoms with Crippen molar-refractivity contribution in [1.82, 2.24) is 9.88 Å². The molecule has 0 aromatic carbocycles. The van der Waals surface area contributed by atoms with Gasteiger partial charge < -0.3 is 15.0 Å². The van der Waals surface area contributed by atoms with Crippen molar-refractivity contribution in [2.45, 2.75) is 33.2 Å². The number of aromatic nitrogens is 1. The van der Waals surface area contributed by atoms with Crippen LogP contribution in [0.3, 0.4) is 0 Å². The Hall–Kier alpha value is -1.62. The number of anilines is 1. The summed E-state index contributed by atoms with van der Waals surface area (Å²) in [5, 5.41) is 3.35. The summed E-state index contributed by atoms with van der Waals surface area (Å²) in [5.74, 6) is 1.16. The van der Waals surface area contributed by atoms with Crippen LogP contribution in [0.4, 0.5) is 5.82 Å². The number of esters is 1. The molecule has 0 radical (unpaired) electrons. The first-order valence-electron chi connectivity index (χ1n) is 7.71. The van der Waals surface area contributed by atoms with Crippen LogP contribution in [0, 0.1) is 5.92 Å². The highest BCUT2D eigenvalue weighted by molar-refractivity contribution is 5.89. The highest BCUT2D eigenvalue weighted by Gasteiger charge is 2.23. The van der Waals surface area contributed by atoms with Gasteiger partial charge in [-0.3, -0.25) is 0 Å². The summed E-state index contributed by atoms with van der Waals surface area (Å²) in [6.07, 6.45) is 2.79. The number of likely N-dealkylation sites (tertiary alicyclic amines) is 1. The van der Waals surface area contributed by atoms with Crippen LogP contribution in [0.5, 0.6) is 0 Å². The first kappa shape index (κ1) is 15.8. The molecule has 21 heavy (non-hydrogen) atoms. The van der Waals surface area contributed by atoms with E-state index in [-0.39, 0.29) is 5.97 Å². The monoisotopic (exact) mass is 291 g/mol. The summed E-state index contributed by atoms with van der Waals surface area (Å²) in [7, 11) is 0. The molecule has 2 rings (SSSR count). The molecule has 2 heterocycles. The van der Waals surface area contributed by atoms with E-state index in [2.05, 4.69) is 29.0 Å². The minimum atomic E-state index is -0.320. The number of hydrogen-bond acceptors (Lipinski definition) is 5. The second-order valence-corrected chi connectivity index (χ2v) is 5.78. The van der Waals surface area contributed by atoms with Crippen LogP contribution in [0.15, 0.2) is 18.3 Å². The van der Waals surface area contributed by atoms with E-state index in [1.165, 1.54) is 13.0 Å². The van der Waals surface area contributed by atoms with Gasteiger partial charge in [-0.25, -0.2) is 9.78 Å². The summed E-state index contributed by atoms with van der Waals surface area (Å²) in [4.78, 5) is 18.3. The van der Waals surface area contributed by atoms with Gasteiger partial charge in [-0.1, -0.05) is 0 Å². The Kier molecular flexibility index (Phi) is 5.56. The molecule has 1 aromatic rings. The molecule has 116 valence electrons. The third-order valence-corrected chi connectivity index (χ3v) is 3.89. The lowest BCUT2D eigenvalue weighted by Gasteiger charge is -2.20. The summed E-state index contributed by atoms with van der Waals surface area (Å²) in [6, 6.07) is 4.21. The first-order valence-corrected chi connectivity index (χ1v) is 7.71. The highest BCUT2D eigenvalue weighted by Crippen LogP contribution is 2.19. The number of carbonyl (C=O) groups is 1. The number of ether oxygens (including phenoxy) is 1. The molecule has 1 atom stereocenters. The van der Waals surface area contributed by atoms with Crippen molar-refractivity contribution in [3.63, 3.8) is 0 Å². The van der Waals surface area contributed by atoms with E-state index in [1.807, 2.05) is 6.07 Å². The molecule has 5 heteroatoms. The number of hydrogen-bond donors (Lipinski definition) is 1. The molecular weight excluding hydrogens is 266 g/mol. The van der Waals surface area contributed by atoms with Crippen molar-refractivity contribution in [3.8, 4) is 0 Å². The van der Waals surface area contributed by atoms with E-state index in [1.54, 1.807) is 19.2 Å². The van der Waals surface area contributed by atoms with Gasteiger partial charge in [0.1, 0.15) is 5.82 Å². The van der Waals surface area contributed by atoms with Gasteiger partial charge >= 0.3 is 5.97 Å². The molecule has 1 aromatic heterocycles. The lowest BCUT2D eigenvalue weighted by molar-refractivity contribution is 0.0526. The molecule has 1 fully saturated rings. The molecule has 0 bridgehead atoms. The van der Waals surface area contributed by atoms with Crippen molar-refractivity contribution in [2.24, 2.45) is 5.92 Å². The van der Waals surface area contributed by atoms with Gasteiger partial charge in [-0.05, 0) is 51.8 Å². The maximum atomic E-state index is 11.5. The normalized spacial score (nSPS) is 19.0. The third kappa shape index (κ3) is 4.43. The van der Waals surface area contributed by atoms with Gasteiger partial charge in [-0.2, -0.15) is 0 Å². The average molecular weight is 291 g/mol. The summed E-state index contributed by atoms with van der Waals surface area (Å²) >= 11 is 0. The van der Waals surface area contributed by atoms with Crippen molar-refractivity contribution >= 4 is 11.8 Å². The number of nitrogens with one attached hydrogen (secondary N) is 1. The summed E-state index contributed by atoms with van der Waals surface area (Å²) < 4.78 is 4.94. The molecule has 1 unspecified atom stereocenters. The summed E-state index contributed by atoms with van der Waals surface area (Å²) in [6.45, 7) is 9.91. The number of nitrogens with zero attached hydrogens (tertiary/aromatic N) is 2. The fourth-order valence-corrected chi connectivity index (χ4v) is 2.58. The highest BCUT2D eigenvalue weighted by atomic mass is 16.5. The zero-order valence-electron chi connectivity index (χ0n) is 13.1. The van der Waals surface area contributed by atoms with E-state index in [0.717, 1.165) is 18.9 Å². The molecular formula is C16H25N3O2. The number of rotatable bonds is 6.